The molecule has 12 heteroatoms. The molecule has 1 aromatic heterocycles. The Morgan fingerprint density at radius 1 is 1.14 bits per heavy atom. The summed E-state index contributed by atoms with van der Waals surface area (Å²) in [5, 5.41) is 6.82. The Bertz CT molecular complexity index is 1200. The van der Waals surface area contributed by atoms with Crippen LogP contribution in [0.3, 0.4) is 0 Å². The summed E-state index contributed by atoms with van der Waals surface area (Å²) >= 11 is 6.37. The molecule has 0 radical (unpaired) electrons. The molecule has 184 valence electrons. The molecule has 0 saturated carbocycles. The fourth-order valence-electron chi connectivity index (χ4n) is 3.99. The first kappa shape index (κ1) is 24.5. The lowest BCUT2D eigenvalue weighted by molar-refractivity contribution is -0.274. The number of piperidine rings is 1. The van der Waals surface area contributed by atoms with Crippen LogP contribution in [0, 0.1) is 0 Å². The lowest BCUT2D eigenvalue weighted by Crippen LogP contribution is -2.51. The van der Waals surface area contributed by atoms with Crippen molar-refractivity contribution in [3.05, 3.63) is 60.1 Å². The van der Waals surface area contributed by atoms with Crippen molar-refractivity contribution >= 4 is 29.1 Å². The molecule has 3 aromatic rings. The maximum atomic E-state index is 13.0. The van der Waals surface area contributed by atoms with Gasteiger partial charge in [-0.1, -0.05) is 35.9 Å². The number of anilines is 1. The van der Waals surface area contributed by atoms with Crippen LogP contribution in [-0.4, -0.2) is 50.4 Å². The zero-order chi connectivity index (χ0) is 25.0. The number of likely N-dealkylation sites (tertiary alicyclic amines) is 1. The third-order valence-corrected chi connectivity index (χ3v) is 5.84. The summed E-state index contributed by atoms with van der Waals surface area (Å²) in [6.07, 6.45) is -0.0165. The van der Waals surface area contributed by atoms with Crippen molar-refractivity contribution in [1.29, 1.82) is 0 Å². The van der Waals surface area contributed by atoms with Gasteiger partial charge < -0.3 is 15.0 Å². The molecule has 0 spiro atoms. The Kier molecular flexibility index (Phi) is 7.25. The molecule has 2 aromatic carbocycles. The van der Waals surface area contributed by atoms with Crippen molar-refractivity contribution in [2.45, 2.75) is 38.2 Å². The number of hydrogen-bond acceptors (Lipinski definition) is 5. The van der Waals surface area contributed by atoms with E-state index in [1.807, 2.05) is 0 Å². The average molecular weight is 508 g/mol. The van der Waals surface area contributed by atoms with Gasteiger partial charge >= 0.3 is 6.36 Å². The van der Waals surface area contributed by atoms with Crippen LogP contribution >= 0.6 is 11.6 Å². The van der Waals surface area contributed by atoms with Crippen LogP contribution in [0.4, 0.5) is 18.9 Å². The maximum absolute atomic E-state index is 13.0. The van der Waals surface area contributed by atoms with Crippen LogP contribution < -0.4 is 10.1 Å². The molecule has 1 aliphatic heterocycles. The van der Waals surface area contributed by atoms with E-state index in [4.69, 9.17) is 11.6 Å². The summed E-state index contributed by atoms with van der Waals surface area (Å²) in [6.45, 7) is 0.422. The smallest absolute Gasteiger partial charge is 0.405 e. The lowest BCUT2D eigenvalue weighted by atomic mass is 10.0. The number of hydrogen-bond donors (Lipinski definition) is 1. The highest BCUT2D eigenvalue weighted by atomic mass is 35.5. The number of halogens is 4. The van der Waals surface area contributed by atoms with E-state index in [0.717, 1.165) is 12.8 Å². The number of benzene rings is 2. The molecule has 2 amide bonds. The van der Waals surface area contributed by atoms with Crippen LogP contribution in [0.25, 0.3) is 11.1 Å². The van der Waals surface area contributed by atoms with E-state index in [1.54, 1.807) is 6.07 Å². The SMILES string of the molecule is O=C(Nc1ccc(-c2ccccc2OC(F)(F)F)c(Cl)c1)C1CCCCN1C(=O)Cn1cncn1. The van der Waals surface area contributed by atoms with Gasteiger partial charge in [-0.05, 0) is 37.5 Å². The van der Waals surface area contributed by atoms with Gasteiger partial charge in [0.05, 0.1) is 5.02 Å². The topological polar surface area (TPSA) is 89.4 Å². The summed E-state index contributed by atoms with van der Waals surface area (Å²) < 4.78 is 43.8. The molecule has 4 rings (SSSR count). The number of alkyl halides is 3. The molecular weight excluding hydrogens is 487 g/mol. The predicted octanol–water partition coefficient (Wildman–Crippen LogP) is 4.52. The zero-order valence-electron chi connectivity index (χ0n) is 18.3. The fraction of sp³-hybridized carbons (Fsp3) is 0.304. The number of nitrogens with one attached hydrogen (secondary N) is 1. The third kappa shape index (κ3) is 6.10. The highest BCUT2D eigenvalue weighted by Crippen LogP contribution is 2.38. The van der Waals surface area contributed by atoms with Crippen molar-refractivity contribution in [2.24, 2.45) is 0 Å². The van der Waals surface area contributed by atoms with Crippen LogP contribution in [0.15, 0.2) is 55.1 Å². The van der Waals surface area contributed by atoms with Gasteiger partial charge in [-0.3, -0.25) is 9.59 Å². The Balaban J connectivity index is 1.49. The molecule has 1 unspecified atom stereocenters. The van der Waals surface area contributed by atoms with Crippen LogP contribution in [0.1, 0.15) is 19.3 Å². The molecule has 1 saturated heterocycles. The summed E-state index contributed by atoms with van der Waals surface area (Å²) in [5.41, 5.74) is 0.823. The number of amides is 2. The van der Waals surface area contributed by atoms with Gasteiger partial charge in [0, 0.05) is 23.4 Å². The maximum Gasteiger partial charge on any atom is 0.573 e. The Labute approximate surface area is 203 Å². The van der Waals surface area contributed by atoms with Gasteiger partial charge in [0.25, 0.3) is 0 Å². The summed E-state index contributed by atoms with van der Waals surface area (Å²) in [6, 6.07) is 9.47. The Hall–Kier alpha value is -3.60. The molecule has 1 fully saturated rings. The number of carbonyl (C=O) groups excluding carboxylic acids is 2. The second-order valence-corrected chi connectivity index (χ2v) is 8.33. The first-order chi connectivity index (χ1) is 16.7. The number of carbonyl (C=O) groups is 2. The van der Waals surface area contributed by atoms with Crippen molar-refractivity contribution in [1.82, 2.24) is 19.7 Å². The normalized spacial score (nSPS) is 16.1. The summed E-state index contributed by atoms with van der Waals surface area (Å²) in [5.74, 6) is -1.01. The van der Waals surface area contributed by atoms with Gasteiger partial charge in [0.2, 0.25) is 11.8 Å². The molecule has 1 atom stereocenters. The summed E-state index contributed by atoms with van der Waals surface area (Å²) in [4.78, 5) is 31.1. The van der Waals surface area contributed by atoms with E-state index in [1.165, 1.54) is 58.6 Å². The lowest BCUT2D eigenvalue weighted by Gasteiger charge is -2.34. The number of ether oxygens (including phenoxy) is 1. The molecule has 1 aliphatic rings. The Morgan fingerprint density at radius 2 is 1.94 bits per heavy atom. The van der Waals surface area contributed by atoms with Crippen molar-refractivity contribution in [3.63, 3.8) is 0 Å². The molecule has 2 heterocycles. The monoisotopic (exact) mass is 507 g/mol. The minimum atomic E-state index is -4.85. The van der Waals surface area contributed by atoms with E-state index in [2.05, 4.69) is 20.1 Å². The van der Waals surface area contributed by atoms with E-state index in [-0.39, 0.29) is 34.7 Å². The van der Waals surface area contributed by atoms with Crippen molar-refractivity contribution in [2.75, 3.05) is 11.9 Å². The number of aromatic nitrogens is 3. The van der Waals surface area contributed by atoms with Crippen molar-refractivity contribution in [3.8, 4) is 16.9 Å². The van der Waals surface area contributed by atoms with Crippen LogP contribution in [0.5, 0.6) is 5.75 Å². The number of rotatable bonds is 6. The number of para-hydroxylation sites is 1. The predicted molar refractivity (Wildman–Crippen MR) is 122 cm³/mol. The van der Waals surface area contributed by atoms with Gasteiger partial charge in [0.1, 0.15) is 31.0 Å². The van der Waals surface area contributed by atoms with Gasteiger partial charge in [-0.15, -0.1) is 13.2 Å². The standard InChI is InChI=1S/C23H21ClF3N5O3/c24-18-11-15(8-9-16(18)17-5-1-2-7-20(17)35-23(25,26)27)30-22(34)19-6-3-4-10-32(19)21(33)12-31-14-28-13-29-31/h1-2,5,7-9,11,13-14,19H,3-4,6,10,12H2,(H,30,34). The summed E-state index contributed by atoms with van der Waals surface area (Å²) in [7, 11) is 0. The van der Waals surface area contributed by atoms with E-state index >= 15 is 0 Å². The van der Waals surface area contributed by atoms with Crippen LogP contribution in [0.2, 0.25) is 5.02 Å². The largest absolute Gasteiger partial charge is 0.573 e. The first-order valence-electron chi connectivity index (χ1n) is 10.8. The Morgan fingerprint density at radius 3 is 2.66 bits per heavy atom. The second kappa shape index (κ2) is 10.3. The molecule has 35 heavy (non-hydrogen) atoms. The molecule has 0 aliphatic carbocycles. The molecular formula is C23H21ClF3N5O3. The van der Waals surface area contributed by atoms with Crippen LogP contribution in [-0.2, 0) is 16.1 Å². The minimum Gasteiger partial charge on any atom is -0.405 e. The highest BCUT2D eigenvalue weighted by molar-refractivity contribution is 6.33. The minimum absolute atomic E-state index is 0.0241. The third-order valence-electron chi connectivity index (χ3n) is 5.53. The quantitative estimate of drug-likeness (QED) is 0.530. The van der Waals surface area contributed by atoms with E-state index < -0.39 is 12.4 Å². The van der Waals surface area contributed by atoms with E-state index in [9.17, 15) is 22.8 Å². The number of nitrogens with zero attached hydrogens (tertiary/aromatic N) is 4. The second-order valence-electron chi connectivity index (χ2n) is 7.92. The average Bonchev–Trinajstić information content (AvgIpc) is 3.32. The fourth-order valence-corrected chi connectivity index (χ4v) is 4.27. The van der Waals surface area contributed by atoms with Crippen molar-refractivity contribution < 1.29 is 27.5 Å². The van der Waals surface area contributed by atoms with Gasteiger partial charge in [0.15, 0.2) is 0 Å². The molecule has 0 bridgehead atoms. The zero-order valence-corrected chi connectivity index (χ0v) is 19.1. The first-order valence-corrected chi connectivity index (χ1v) is 11.2. The van der Waals surface area contributed by atoms with E-state index in [0.29, 0.717) is 24.2 Å². The molecule has 1 N–H and O–H groups in total. The van der Waals surface area contributed by atoms with Gasteiger partial charge in [-0.2, -0.15) is 5.10 Å². The molecule has 8 nitrogen and oxygen atoms in total. The van der Waals surface area contributed by atoms with Gasteiger partial charge in [-0.25, -0.2) is 9.67 Å². The highest BCUT2D eigenvalue weighted by Gasteiger charge is 2.33.